The average Bonchev–Trinajstić information content (AvgIpc) is 2.38. The quantitative estimate of drug-likeness (QED) is 0.629. The van der Waals surface area contributed by atoms with Gasteiger partial charge in [-0.1, -0.05) is 17.7 Å². The lowest BCUT2D eigenvalue weighted by Crippen LogP contribution is -2.28. The Kier molecular flexibility index (Phi) is 5.49. The minimum Gasteiger partial charge on any atom is -0.462 e. The highest BCUT2D eigenvalue weighted by molar-refractivity contribution is 6.27. The first-order chi connectivity index (χ1) is 9.47. The number of carbonyl (C=O) groups excluding carboxylic acids is 1. The number of amidine groups is 1. The highest BCUT2D eigenvalue weighted by Crippen LogP contribution is 2.25. The molecule has 6 nitrogen and oxygen atoms in total. The second-order valence-electron chi connectivity index (χ2n) is 4.31. The Morgan fingerprint density at radius 3 is 2.55 bits per heavy atom. The van der Waals surface area contributed by atoms with E-state index in [-0.39, 0.29) is 6.61 Å². The van der Waals surface area contributed by atoms with Crippen molar-refractivity contribution in [1.82, 2.24) is 0 Å². The maximum atomic E-state index is 12.0. The van der Waals surface area contributed by atoms with Crippen molar-refractivity contribution in [2.75, 3.05) is 13.7 Å². The van der Waals surface area contributed by atoms with Crippen molar-refractivity contribution in [2.45, 2.75) is 34.1 Å². The van der Waals surface area contributed by atoms with Crippen LogP contribution in [0, 0.1) is 0 Å². The van der Waals surface area contributed by atoms with Gasteiger partial charge in [-0.05, 0) is 27.2 Å². The number of dihydropyridines is 1. The summed E-state index contributed by atoms with van der Waals surface area (Å²) >= 11 is 0. The predicted molar refractivity (Wildman–Crippen MR) is 78.4 cm³/mol. The third kappa shape index (κ3) is 3.07. The first kappa shape index (κ1) is 15.9. The minimum atomic E-state index is -0.468. The van der Waals surface area contributed by atoms with Crippen molar-refractivity contribution in [3.63, 3.8) is 0 Å². The lowest BCUT2D eigenvalue weighted by Gasteiger charge is -2.20. The summed E-state index contributed by atoms with van der Waals surface area (Å²) in [6.45, 7) is 7.65. The number of allylic oxidation sites excluding steroid dienone is 1. The van der Waals surface area contributed by atoms with Gasteiger partial charge in [0.1, 0.15) is 12.7 Å². The smallest absolute Gasteiger partial charge is 0.342 e. The topological polar surface area (TPSA) is 86.3 Å². The third-order valence-electron chi connectivity index (χ3n) is 3.01. The molecule has 0 saturated heterocycles. The highest BCUT2D eigenvalue weighted by Gasteiger charge is 2.28. The zero-order valence-electron chi connectivity index (χ0n) is 12.6. The van der Waals surface area contributed by atoms with Crippen LogP contribution < -0.4 is 5.73 Å². The van der Waals surface area contributed by atoms with Gasteiger partial charge in [-0.15, -0.1) is 0 Å². The van der Waals surface area contributed by atoms with Gasteiger partial charge in [0, 0.05) is 5.57 Å². The largest absolute Gasteiger partial charge is 0.462 e. The van der Waals surface area contributed by atoms with Gasteiger partial charge in [0.2, 0.25) is 5.84 Å². The Hall–Kier alpha value is -2.11. The Morgan fingerprint density at radius 1 is 1.40 bits per heavy atom. The van der Waals surface area contributed by atoms with Crippen LogP contribution in [0.4, 0.5) is 0 Å². The second-order valence-corrected chi connectivity index (χ2v) is 4.31. The van der Waals surface area contributed by atoms with Crippen molar-refractivity contribution < 1.29 is 14.4 Å². The summed E-state index contributed by atoms with van der Waals surface area (Å²) in [6.07, 6.45) is 0.767. The maximum Gasteiger partial charge on any atom is 0.342 e. The van der Waals surface area contributed by atoms with Crippen LogP contribution >= 0.6 is 0 Å². The van der Waals surface area contributed by atoms with Crippen LogP contribution in [0.1, 0.15) is 34.1 Å². The lowest BCUT2D eigenvalue weighted by atomic mass is 9.95. The normalized spacial score (nSPS) is 19.9. The Bertz CT molecular complexity index is 528. The van der Waals surface area contributed by atoms with Crippen LogP contribution in [0.3, 0.4) is 0 Å². The summed E-state index contributed by atoms with van der Waals surface area (Å²) in [4.78, 5) is 21.1. The molecule has 2 N–H and O–H groups in total. The molecule has 1 heterocycles. The van der Waals surface area contributed by atoms with Crippen LogP contribution in [0.25, 0.3) is 0 Å². The molecular formula is C14H21N3O3. The predicted octanol–water partition coefficient (Wildman–Crippen LogP) is 1.92. The van der Waals surface area contributed by atoms with E-state index in [0.717, 1.165) is 12.0 Å². The van der Waals surface area contributed by atoms with E-state index in [4.69, 9.17) is 15.3 Å². The maximum absolute atomic E-state index is 12.0. The molecule has 0 amide bonds. The van der Waals surface area contributed by atoms with Gasteiger partial charge in [-0.25, -0.2) is 9.79 Å². The summed E-state index contributed by atoms with van der Waals surface area (Å²) in [6, 6.07) is 0. The molecule has 0 aromatic heterocycles. The highest BCUT2D eigenvalue weighted by atomic mass is 16.6. The van der Waals surface area contributed by atoms with Gasteiger partial charge in [0.25, 0.3) is 0 Å². The minimum absolute atomic E-state index is 0.285. The summed E-state index contributed by atoms with van der Waals surface area (Å²) in [7, 11) is 1.44. The number of carbonyl (C=O) groups is 1. The summed E-state index contributed by atoms with van der Waals surface area (Å²) in [5.74, 6) is -0.0842. The number of esters is 1. The first-order valence-electron chi connectivity index (χ1n) is 6.52. The van der Waals surface area contributed by atoms with E-state index in [9.17, 15) is 4.79 Å². The molecule has 6 heteroatoms. The van der Waals surface area contributed by atoms with Crippen LogP contribution in [-0.4, -0.2) is 31.2 Å². The van der Waals surface area contributed by atoms with Crippen molar-refractivity contribution in [2.24, 2.45) is 15.9 Å². The molecular weight excluding hydrogens is 258 g/mol. The first-order valence-corrected chi connectivity index (χ1v) is 6.52. The molecule has 0 saturated carbocycles. The van der Waals surface area contributed by atoms with Crippen LogP contribution in [-0.2, 0) is 14.4 Å². The molecule has 1 rings (SSSR count). The summed E-state index contributed by atoms with van der Waals surface area (Å²) in [5.41, 5.74) is 8.88. The summed E-state index contributed by atoms with van der Waals surface area (Å²) in [5, 5.41) is 3.88. The number of rotatable bonds is 4. The molecule has 0 radical (unpaired) electrons. The van der Waals surface area contributed by atoms with E-state index >= 15 is 0 Å². The number of aliphatic imine (C=N–C) groups is 1. The van der Waals surface area contributed by atoms with Crippen LogP contribution in [0.15, 0.2) is 32.6 Å². The fraction of sp³-hybridized carbons (Fsp3) is 0.500. The standard InChI is InChI=1S/C14H21N3O3/c1-6-8(3)10-12(15)11(14(18)20-7-2)9(4)16-13(10)17-19-5/h6-7,15H2,1-5H3/b10-8+,17-13+. The van der Waals surface area contributed by atoms with Gasteiger partial charge in [-0.3, -0.25) is 0 Å². The zero-order chi connectivity index (χ0) is 15.3. The Morgan fingerprint density at radius 2 is 2.05 bits per heavy atom. The van der Waals surface area contributed by atoms with Crippen LogP contribution in [0.5, 0.6) is 0 Å². The molecule has 1 aliphatic heterocycles. The van der Waals surface area contributed by atoms with Gasteiger partial charge in [-0.2, -0.15) is 0 Å². The molecule has 0 unspecified atom stereocenters. The van der Waals surface area contributed by atoms with E-state index in [2.05, 4.69) is 10.1 Å². The monoisotopic (exact) mass is 279 g/mol. The molecule has 0 fully saturated rings. The molecule has 0 spiro atoms. The molecule has 0 atom stereocenters. The van der Waals surface area contributed by atoms with Crippen molar-refractivity contribution in [3.8, 4) is 0 Å². The number of ether oxygens (including phenoxy) is 1. The molecule has 0 aromatic rings. The van der Waals surface area contributed by atoms with Crippen molar-refractivity contribution >= 4 is 17.5 Å². The molecule has 1 aliphatic rings. The second kappa shape index (κ2) is 6.88. The van der Waals surface area contributed by atoms with Crippen LogP contribution in [0.2, 0.25) is 0 Å². The fourth-order valence-corrected chi connectivity index (χ4v) is 1.92. The SMILES string of the molecule is CCOC(=O)C1=C(N)C(=C(/C)CC)/C(=N\OC)N=C1C. The van der Waals surface area contributed by atoms with Gasteiger partial charge in [0.05, 0.1) is 18.0 Å². The van der Waals surface area contributed by atoms with E-state index in [0.29, 0.717) is 28.4 Å². The lowest BCUT2D eigenvalue weighted by molar-refractivity contribution is -0.137. The third-order valence-corrected chi connectivity index (χ3v) is 3.01. The molecule has 110 valence electrons. The van der Waals surface area contributed by atoms with E-state index < -0.39 is 5.97 Å². The van der Waals surface area contributed by atoms with Crippen molar-refractivity contribution in [3.05, 3.63) is 22.4 Å². The number of hydrogen-bond donors (Lipinski definition) is 1. The summed E-state index contributed by atoms with van der Waals surface area (Å²) < 4.78 is 5.03. The van der Waals surface area contributed by atoms with Gasteiger partial charge < -0.3 is 15.3 Å². The van der Waals surface area contributed by atoms with E-state index in [1.165, 1.54) is 7.11 Å². The van der Waals surface area contributed by atoms with E-state index in [1.54, 1.807) is 13.8 Å². The van der Waals surface area contributed by atoms with Gasteiger partial charge >= 0.3 is 5.97 Å². The molecule has 0 bridgehead atoms. The Balaban J connectivity index is 3.46. The average molecular weight is 279 g/mol. The number of nitrogens with two attached hydrogens (primary N) is 1. The number of oxime groups is 1. The van der Waals surface area contributed by atoms with Crippen molar-refractivity contribution in [1.29, 1.82) is 0 Å². The Labute approximate surface area is 119 Å². The van der Waals surface area contributed by atoms with Gasteiger partial charge in [0.15, 0.2) is 0 Å². The number of hydrogen-bond acceptors (Lipinski definition) is 5. The van der Waals surface area contributed by atoms with E-state index in [1.807, 2.05) is 13.8 Å². The number of nitrogens with zero attached hydrogens (tertiary/aromatic N) is 2. The molecule has 0 aliphatic carbocycles. The fourth-order valence-electron chi connectivity index (χ4n) is 1.92. The molecule has 0 aromatic carbocycles. The molecule has 20 heavy (non-hydrogen) atoms. The zero-order valence-corrected chi connectivity index (χ0v) is 12.6.